The van der Waals surface area contributed by atoms with Gasteiger partial charge in [0, 0.05) is 17.1 Å². The zero-order valence-corrected chi connectivity index (χ0v) is 11.4. The van der Waals surface area contributed by atoms with Crippen LogP contribution in [0.4, 0.5) is 4.39 Å². The first-order valence-corrected chi connectivity index (χ1v) is 5.92. The Balaban J connectivity index is 2.74. The summed E-state index contributed by atoms with van der Waals surface area (Å²) in [5.41, 5.74) is -0.594. The molecule has 1 rings (SSSR count). The van der Waals surface area contributed by atoms with Crippen molar-refractivity contribution in [2.45, 2.75) is 45.4 Å². The number of rotatable bonds is 4. The minimum absolute atomic E-state index is 0.352. The molecule has 0 heterocycles. The normalized spacial score (nSPS) is 12.9. The van der Waals surface area contributed by atoms with E-state index in [0.29, 0.717) is 11.6 Å². The third-order valence-electron chi connectivity index (χ3n) is 3.19. The van der Waals surface area contributed by atoms with Crippen LogP contribution in [0.3, 0.4) is 0 Å². The molecule has 0 atom stereocenters. The Morgan fingerprint density at radius 3 is 2.29 bits per heavy atom. The average Bonchev–Trinajstić information content (AvgIpc) is 2.11. The number of aliphatic hydroxyl groups is 1. The van der Waals surface area contributed by atoms with Crippen molar-refractivity contribution in [1.29, 1.82) is 0 Å². The molecule has 0 aliphatic carbocycles. The average molecular weight is 260 g/mol. The number of hydrogen-bond acceptors (Lipinski definition) is 2. The molecular formula is C13H19ClFNO. The number of nitrogens with one attached hydrogen (secondary N) is 1. The van der Waals surface area contributed by atoms with Crippen molar-refractivity contribution >= 4 is 11.6 Å². The molecule has 2 N–H and O–H groups in total. The van der Waals surface area contributed by atoms with E-state index in [-0.39, 0.29) is 5.82 Å². The molecule has 4 heteroatoms. The van der Waals surface area contributed by atoms with E-state index >= 15 is 0 Å². The lowest BCUT2D eigenvalue weighted by Gasteiger charge is -2.38. The highest BCUT2D eigenvalue weighted by Crippen LogP contribution is 2.22. The van der Waals surface area contributed by atoms with Gasteiger partial charge in [0.05, 0.1) is 5.60 Å². The summed E-state index contributed by atoms with van der Waals surface area (Å²) in [5, 5.41) is 13.5. The van der Waals surface area contributed by atoms with Crippen LogP contribution < -0.4 is 5.32 Å². The Labute approximate surface area is 107 Å². The van der Waals surface area contributed by atoms with Crippen LogP contribution in [-0.4, -0.2) is 16.2 Å². The van der Waals surface area contributed by atoms with Crippen LogP contribution in [0.15, 0.2) is 18.2 Å². The van der Waals surface area contributed by atoms with Gasteiger partial charge in [0.15, 0.2) is 0 Å². The lowest BCUT2D eigenvalue weighted by Crippen LogP contribution is -2.55. The number of hydrogen-bond donors (Lipinski definition) is 2. The fourth-order valence-electron chi connectivity index (χ4n) is 1.25. The monoisotopic (exact) mass is 259 g/mol. The molecule has 0 spiro atoms. The van der Waals surface area contributed by atoms with Gasteiger partial charge in [-0.3, -0.25) is 0 Å². The van der Waals surface area contributed by atoms with E-state index in [1.165, 1.54) is 12.1 Å². The molecule has 0 radical (unpaired) electrons. The second-order valence-electron chi connectivity index (χ2n) is 5.32. The molecule has 2 nitrogen and oxygen atoms in total. The van der Waals surface area contributed by atoms with Gasteiger partial charge in [0.25, 0.3) is 0 Å². The highest BCUT2D eigenvalue weighted by molar-refractivity contribution is 6.30. The standard InChI is InChI=1S/C13H19ClFNO/c1-12(2,13(3,4)17)16-8-9-5-10(14)7-11(15)6-9/h5-7,16-17H,8H2,1-4H3. The Morgan fingerprint density at radius 2 is 1.82 bits per heavy atom. The Bertz CT molecular complexity index is 379. The van der Waals surface area contributed by atoms with Crippen LogP contribution >= 0.6 is 11.6 Å². The van der Waals surface area contributed by atoms with Gasteiger partial charge in [-0.05, 0) is 51.5 Å². The van der Waals surface area contributed by atoms with Gasteiger partial charge in [-0.25, -0.2) is 4.39 Å². The fourth-order valence-corrected chi connectivity index (χ4v) is 1.50. The summed E-state index contributed by atoms with van der Waals surface area (Å²) in [6, 6.07) is 4.41. The van der Waals surface area contributed by atoms with E-state index in [1.54, 1.807) is 19.9 Å². The van der Waals surface area contributed by atoms with Crippen molar-refractivity contribution in [3.05, 3.63) is 34.6 Å². The first kappa shape index (κ1) is 14.4. The maximum atomic E-state index is 13.1. The van der Waals surface area contributed by atoms with Gasteiger partial charge in [0.2, 0.25) is 0 Å². The second-order valence-corrected chi connectivity index (χ2v) is 5.75. The maximum absolute atomic E-state index is 13.1. The predicted molar refractivity (Wildman–Crippen MR) is 68.6 cm³/mol. The molecule has 0 saturated heterocycles. The van der Waals surface area contributed by atoms with Crippen LogP contribution in [0, 0.1) is 5.82 Å². The van der Waals surface area contributed by atoms with E-state index in [0.717, 1.165) is 5.56 Å². The van der Waals surface area contributed by atoms with Crippen LogP contribution in [0.25, 0.3) is 0 Å². The van der Waals surface area contributed by atoms with Crippen LogP contribution in [0.1, 0.15) is 33.3 Å². The minimum atomic E-state index is -0.871. The Morgan fingerprint density at radius 1 is 1.24 bits per heavy atom. The summed E-state index contributed by atoms with van der Waals surface area (Å²) >= 11 is 5.77. The largest absolute Gasteiger partial charge is 0.389 e. The topological polar surface area (TPSA) is 32.3 Å². The molecule has 1 aromatic carbocycles. The SMILES string of the molecule is CC(C)(O)C(C)(C)NCc1cc(F)cc(Cl)c1. The molecule has 0 amide bonds. The van der Waals surface area contributed by atoms with Crippen molar-refractivity contribution < 1.29 is 9.50 Å². The lowest BCUT2D eigenvalue weighted by atomic mass is 9.86. The van der Waals surface area contributed by atoms with Crippen molar-refractivity contribution in [3.63, 3.8) is 0 Å². The lowest BCUT2D eigenvalue weighted by molar-refractivity contribution is -0.00532. The minimum Gasteiger partial charge on any atom is -0.389 e. The summed E-state index contributed by atoms with van der Waals surface area (Å²) in [6.07, 6.45) is 0. The molecule has 0 aliphatic heterocycles. The first-order chi connectivity index (χ1) is 7.62. The van der Waals surface area contributed by atoms with E-state index in [9.17, 15) is 9.50 Å². The summed E-state index contributed by atoms with van der Waals surface area (Å²) in [7, 11) is 0. The van der Waals surface area contributed by atoms with Crippen molar-refractivity contribution in [1.82, 2.24) is 5.32 Å². The van der Waals surface area contributed by atoms with Gasteiger partial charge < -0.3 is 10.4 Å². The van der Waals surface area contributed by atoms with Crippen molar-refractivity contribution in [2.75, 3.05) is 0 Å². The molecule has 0 saturated carbocycles. The highest BCUT2D eigenvalue weighted by atomic mass is 35.5. The summed E-state index contributed by atoms with van der Waals surface area (Å²) in [4.78, 5) is 0. The molecule has 0 aromatic heterocycles. The van der Waals surface area contributed by atoms with Crippen molar-refractivity contribution in [3.8, 4) is 0 Å². The van der Waals surface area contributed by atoms with Crippen molar-refractivity contribution in [2.24, 2.45) is 0 Å². The van der Waals surface area contributed by atoms with Crippen LogP contribution in [0.2, 0.25) is 5.02 Å². The molecule has 0 aliphatic rings. The number of halogens is 2. The molecule has 0 bridgehead atoms. The maximum Gasteiger partial charge on any atom is 0.125 e. The quantitative estimate of drug-likeness (QED) is 0.871. The predicted octanol–water partition coefficient (Wildman–Crippen LogP) is 3.12. The zero-order chi connectivity index (χ0) is 13.3. The van der Waals surface area contributed by atoms with Crippen LogP contribution in [0.5, 0.6) is 0 Å². The summed E-state index contributed by atoms with van der Waals surface area (Å²) in [6.45, 7) is 7.72. The van der Waals surface area contributed by atoms with Gasteiger partial charge >= 0.3 is 0 Å². The first-order valence-electron chi connectivity index (χ1n) is 5.54. The molecular weight excluding hydrogens is 241 g/mol. The smallest absolute Gasteiger partial charge is 0.125 e. The van der Waals surface area contributed by atoms with E-state index in [4.69, 9.17) is 11.6 Å². The Kier molecular flexibility index (Phi) is 4.18. The van der Waals surface area contributed by atoms with Gasteiger partial charge in [-0.2, -0.15) is 0 Å². The molecule has 17 heavy (non-hydrogen) atoms. The van der Waals surface area contributed by atoms with E-state index in [2.05, 4.69) is 5.32 Å². The highest BCUT2D eigenvalue weighted by Gasteiger charge is 2.34. The zero-order valence-electron chi connectivity index (χ0n) is 10.6. The molecule has 1 aromatic rings. The van der Waals surface area contributed by atoms with E-state index in [1.807, 2.05) is 13.8 Å². The third kappa shape index (κ3) is 3.95. The third-order valence-corrected chi connectivity index (χ3v) is 3.40. The Hall–Kier alpha value is -0.640. The van der Waals surface area contributed by atoms with Gasteiger partial charge in [-0.15, -0.1) is 0 Å². The summed E-state index contributed by atoms with van der Waals surface area (Å²) in [5.74, 6) is -0.352. The molecule has 96 valence electrons. The van der Waals surface area contributed by atoms with Gasteiger partial charge in [-0.1, -0.05) is 11.6 Å². The van der Waals surface area contributed by atoms with Gasteiger partial charge in [0.1, 0.15) is 5.82 Å². The second kappa shape index (κ2) is 4.92. The van der Waals surface area contributed by atoms with Crippen LogP contribution in [-0.2, 0) is 6.54 Å². The fraction of sp³-hybridized carbons (Fsp3) is 0.538. The van der Waals surface area contributed by atoms with E-state index < -0.39 is 11.1 Å². The molecule has 0 unspecified atom stereocenters. The number of benzene rings is 1. The summed E-state index contributed by atoms with van der Waals surface area (Å²) < 4.78 is 13.1. The molecule has 0 fully saturated rings.